The fourth-order valence-corrected chi connectivity index (χ4v) is 4.20. The van der Waals surface area contributed by atoms with E-state index in [1.165, 1.54) is 89.9 Å². The average Bonchev–Trinajstić information content (AvgIpc) is 2.82. The molecule has 0 amide bonds. The number of carbonyl (C=O) groups excluding carboxylic acids is 1. The van der Waals surface area contributed by atoms with Gasteiger partial charge in [-0.2, -0.15) is 0 Å². The zero-order valence-electron chi connectivity index (χ0n) is 22.1. The number of alkyl halides is 1. The van der Waals surface area contributed by atoms with Crippen LogP contribution in [0.4, 0.5) is 0 Å². The highest BCUT2D eigenvalue weighted by atomic mass is 79.9. The van der Waals surface area contributed by atoms with Crippen LogP contribution >= 0.6 is 15.9 Å². The van der Waals surface area contributed by atoms with E-state index in [0.29, 0.717) is 19.4 Å². The van der Waals surface area contributed by atoms with Crippen LogP contribution in [-0.2, 0) is 19.0 Å². The van der Waals surface area contributed by atoms with Crippen molar-refractivity contribution in [2.45, 2.75) is 149 Å². The molecule has 198 valence electrons. The summed E-state index contributed by atoms with van der Waals surface area (Å²) in [5, 5.41) is 1.05. The Kier molecular flexibility index (Phi) is 28.0. The molecule has 0 aliphatic heterocycles. The van der Waals surface area contributed by atoms with E-state index in [0.717, 1.165) is 44.2 Å². The maximum atomic E-state index is 12.1. The Morgan fingerprint density at radius 1 is 0.606 bits per heavy atom. The van der Waals surface area contributed by atoms with Crippen molar-refractivity contribution in [2.75, 3.05) is 25.2 Å². The van der Waals surface area contributed by atoms with Crippen LogP contribution in [0.15, 0.2) is 0 Å². The third-order valence-electron chi connectivity index (χ3n) is 5.98. The lowest BCUT2D eigenvalue weighted by atomic mass is 10.1. The van der Waals surface area contributed by atoms with Crippen LogP contribution in [0.2, 0.25) is 0 Å². The van der Waals surface area contributed by atoms with Gasteiger partial charge in [0.15, 0.2) is 6.29 Å². The zero-order chi connectivity index (χ0) is 24.2. The highest BCUT2D eigenvalue weighted by molar-refractivity contribution is 9.09. The topological polar surface area (TPSA) is 44.8 Å². The molecule has 0 aromatic rings. The number of hydrogen-bond donors (Lipinski definition) is 0. The fraction of sp³-hybridized carbons (Fsp3) is 0.964. The quantitative estimate of drug-likeness (QED) is 0.0455. The minimum atomic E-state index is -0.281. The molecular weight excluding hydrogens is 480 g/mol. The minimum absolute atomic E-state index is 0.125. The Balaban J connectivity index is 4.01. The van der Waals surface area contributed by atoms with Crippen molar-refractivity contribution in [1.29, 1.82) is 0 Å². The van der Waals surface area contributed by atoms with Gasteiger partial charge in [-0.1, -0.05) is 120 Å². The van der Waals surface area contributed by atoms with Crippen molar-refractivity contribution < 1.29 is 19.0 Å². The molecule has 0 aromatic heterocycles. The van der Waals surface area contributed by atoms with Gasteiger partial charge in [-0.05, 0) is 25.7 Å². The summed E-state index contributed by atoms with van der Waals surface area (Å²) >= 11 is 3.44. The summed E-state index contributed by atoms with van der Waals surface area (Å²) in [5.74, 6) is -0.125. The van der Waals surface area contributed by atoms with E-state index >= 15 is 0 Å². The number of hydrogen-bond acceptors (Lipinski definition) is 4. The summed E-state index contributed by atoms with van der Waals surface area (Å²) in [7, 11) is 0. The van der Waals surface area contributed by atoms with Crippen LogP contribution in [-0.4, -0.2) is 37.4 Å². The van der Waals surface area contributed by atoms with E-state index in [1.54, 1.807) is 0 Å². The molecule has 33 heavy (non-hydrogen) atoms. The second-order valence-corrected chi connectivity index (χ2v) is 10.1. The van der Waals surface area contributed by atoms with Gasteiger partial charge < -0.3 is 14.2 Å². The molecular formula is C28H55BrO4. The standard InChI is InChI=1S/C28H55BrO4/c1-3-5-7-9-11-14-19-25-32-28(33-26-20-15-12-10-8-6-4-2)22-21-27(30)31-24-18-16-13-17-23-29/h28H,3-26H2,1-2H3. The number of carbonyl (C=O) groups is 1. The Labute approximate surface area is 214 Å². The van der Waals surface area contributed by atoms with Gasteiger partial charge >= 0.3 is 5.97 Å². The first-order valence-corrected chi connectivity index (χ1v) is 15.3. The van der Waals surface area contributed by atoms with Crippen LogP contribution in [0.5, 0.6) is 0 Å². The molecule has 0 saturated heterocycles. The Hall–Kier alpha value is -0.130. The predicted molar refractivity (Wildman–Crippen MR) is 144 cm³/mol. The molecule has 0 heterocycles. The van der Waals surface area contributed by atoms with Gasteiger partial charge in [0.2, 0.25) is 0 Å². The summed E-state index contributed by atoms with van der Waals surface area (Å²) in [4.78, 5) is 12.1. The van der Waals surface area contributed by atoms with Gasteiger partial charge in [0, 0.05) is 25.0 Å². The summed E-state index contributed by atoms with van der Waals surface area (Å²) in [5.41, 5.74) is 0. The molecule has 0 aromatic carbocycles. The minimum Gasteiger partial charge on any atom is -0.466 e. The number of halogens is 1. The molecule has 0 fully saturated rings. The maximum Gasteiger partial charge on any atom is 0.305 e. The van der Waals surface area contributed by atoms with Crippen LogP contribution in [0.1, 0.15) is 142 Å². The third-order valence-corrected chi connectivity index (χ3v) is 6.54. The SMILES string of the molecule is CCCCCCCCCOC(CCC(=O)OCCCCCCBr)OCCCCCCCCC. The average molecular weight is 536 g/mol. The molecule has 0 bridgehead atoms. The Morgan fingerprint density at radius 2 is 1.03 bits per heavy atom. The van der Waals surface area contributed by atoms with Crippen molar-refractivity contribution in [3.05, 3.63) is 0 Å². The van der Waals surface area contributed by atoms with Crippen molar-refractivity contribution in [1.82, 2.24) is 0 Å². The number of ether oxygens (including phenoxy) is 3. The van der Waals surface area contributed by atoms with E-state index in [4.69, 9.17) is 14.2 Å². The fourth-order valence-electron chi connectivity index (χ4n) is 3.81. The molecule has 0 aliphatic carbocycles. The molecule has 0 atom stereocenters. The number of esters is 1. The Bertz CT molecular complexity index is 372. The molecule has 0 unspecified atom stereocenters. The smallest absolute Gasteiger partial charge is 0.305 e. The molecule has 0 rings (SSSR count). The Morgan fingerprint density at radius 3 is 1.52 bits per heavy atom. The molecule has 0 saturated carbocycles. The highest BCUT2D eigenvalue weighted by Gasteiger charge is 2.13. The second-order valence-electron chi connectivity index (χ2n) is 9.28. The monoisotopic (exact) mass is 534 g/mol. The second kappa shape index (κ2) is 28.1. The number of unbranched alkanes of at least 4 members (excludes halogenated alkanes) is 15. The summed E-state index contributed by atoms with van der Waals surface area (Å²) in [6, 6.07) is 0. The van der Waals surface area contributed by atoms with Gasteiger partial charge in [-0.15, -0.1) is 0 Å². The van der Waals surface area contributed by atoms with E-state index in [-0.39, 0.29) is 12.3 Å². The van der Waals surface area contributed by atoms with E-state index < -0.39 is 0 Å². The first-order valence-electron chi connectivity index (χ1n) is 14.2. The van der Waals surface area contributed by atoms with Gasteiger partial charge in [-0.25, -0.2) is 0 Å². The lowest BCUT2D eigenvalue weighted by Crippen LogP contribution is -2.21. The van der Waals surface area contributed by atoms with E-state index in [9.17, 15) is 4.79 Å². The summed E-state index contributed by atoms with van der Waals surface area (Å²) in [6.45, 7) is 6.48. The van der Waals surface area contributed by atoms with Gasteiger partial charge in [0.1, 0.15) is 0 Å². The molecule has 0 radical (unpaired) electrons. The van der Waals surface area contributed by atoms with Crippen LogP contribution in [0.25, 0.3) is 0 Å². The first kappa shape index (κ1) is 32.9. The maximum absolute atomic E-state index is 12.1. The number of rotatable bonds is 27. The van der Waals surface area contributed by atoms with E-state index in [1.807, 2.05) is 0 Å². The third kappa shape index (κ3) is 26.3. The predicted octanol–water partition coefficient (Wildman–Crippen LogP) is 9.13. The molecule has 0 N–H and O–H groups in total. The largest absolute Gasteiger partial charge is 0.466 e. The molecule has 0 spiro atoms. The summed E-state index contributed by atoms with van der Waals surface area (Å²) in [6.07, 6.45) is 22.9. The van der Waals surface area contributed by atoms with Crippen molar-refractivity contribution in [2.24, 2.45) is 0 Å². The zero-order valence-corrected chi connectivity index (χ0v) is 23.6. The van der Waals surface area contributed by atoms with Crippen molar-refractivity contribution in [3.63, 3.8) is 0 Å². The van der Waals surface area contributed by atoms with Crippen LogP contribution in [0, 0.1) is 0 Å². The highest BCUT2D eigenvalue weighted by Crippen LogP contribution is 2.12. The van der Waals surface area contributed by atoms with Gasteiger partial charge in [-0.3, -0.25) is 4.79 Å². The normalized spacial score (nSPS) is 11.4. The van der Waals surface area contributed by atoms with Crippen LogP contribution < -0.4 is 0 Å². The summed E-state index contributed by atoms with van der Waals surface area (Å²) < 4.78 is 17.4. The molecule has 5 heteroatoms. The van der Waals surface area contributed by atoms with Crippen molar-refractivity contribution >= 4 is 21.9 Å². The van der Waals surface area contributed by atoms with Crippen LogP contribution in [0.3, 0.4) is 0 Å². The molecule has 4 nitrogen and oxygen atoms in total. The van der Waals surface area contributed by atoms with Crippen molar-refractivity contribution in [3.8, 4) is 0 Å². The lowest BCUT2D eigenvalue weighted by Gasteiger charge is -2.18. The molecule has 0 aliphatic rings. The van der Waals surface area contributed by atoms with Gasteiger partial charge in [0.25, 0.3) is 0 Å². The van der Waals surface area contributed by atoms with E-state index in [2.05, 4.69) is 29.8 Å². The van der Waals surface area contributed by atoms with Gasteiger partial charge in [0.05, 0.1) is 13.0 Å². The lowest BCUT2D eigenvalue weighted by molar-refractivity contribution is -0.159. The first-order chi connectivity index (χ1) is 16.2.